The van der Waals surface area contributed by atoms with Crippen LogP contribution in [-0.2, 0) is 17.6 Å². The van der Waals surface area contributed by atoms with Crippen LogP contribution in [0, 0.1) is 6.92 Å². The van der Waals surface area contributed by atoms with Crippen LogP contribution in [0.3, 0.4) is 0 Å². The number of benzene rings is 3. The van der Waals surface area contributed by atoms with Crippen LogP contribution in [0.4, 0.5) is 0 Å². The lowest BCUT2D eigenvalue weighted by Gasteiger charge is -2.26. The van der Waals surface area contributed by atoms with Crippen molar-refractivity contribution in [1.82, 2.24) is 4.98 Å². The van der Waals surface area contributed by atoms with E-state index in [1.165, 1.54) is 0 Å². The Labute approximate surface area is 212 Å². The van der Waals surface area contributed by atoms with Gasteiger partial charge in [0.1, 0.15) is 17.3 Å². The largest absolute Gasteiger partial charge is 0.493 e. The number of nitrogens with zero attached hydrogens (tertiary/aromatic N) is 1. The Kier molecular flexibility index (Phi) is 7.56. The second-order valence-electron chi connectivity index (χ2n) is 8.40. The molecular weight excluding hydrogens is 510 g/mol. The predicted molar refractivity (Wildman–Crippen MR) is 137 cm³/mol. The number of ether oxygens (including phenoxy) is 2. The van der Waals surface area contributed by atoms with Crippen LogP contribution in [-0.4, -0.2) is 28.3 Å². The van der Waals surface area contributed by atoms with E-state index < -0.39 is 11.6 Å². The zero-order valence-electron chi connectivity index (χ0n) is 19.5. The molecule has 35 heavy (non-hydrogen) atoms. The number of oxazole rings is 1. The van der Waals surface area contributed by atoms with Gasteiger partial charge in [0.25, 0.3) is 0 Å². The zero-order chi connectivity index (χ0) is 24.8. The molecule has 1 heterocycles. The fraction of sp³-hybridized carbons (Fsp3) is 0.214. The van der Waals surface area contributed by atoms with Crippen molar-refractivity contribution in [2.24, 2.45) is 0 Å². The fourth-order valence-corrected chi connectivity index (χ4v) is 4.07. The van der Waals surface area contributed by atoms with Gasteiger partial charge in [-0.3, -0.25) is 0 Å². The number of aromatic nitrogens is 1. The van der Waals surface area contributed by atoms with Crippen molar-refractivity contribution in [2.45, 2.75) is 32.3 Å². The van der Waals surface area contributed by atoms with Gasteiger partial charge in [0.15, 0.2) is 0 Å². The molecule has 1 N–H and O–H groups in total. The summed E-state index contributed by atoms with van der Waals surface area (Å²) in [4.78, 5) is 16.6. The number of carbonyl (C=O) groups is 1. The minimum atomic E-state index is -1.39. The van der Waals surface area contributed by atoms with Crippen molar-refractivity contribution < 1.29 is 23.8 Å². The third-order valence-corrected chi connectivity index (χ3v) is 6.07. The third-order valence-electron chi connectivity index (χ3n) is 5.58. The van der Waals surface area contributed by atoms with Gasteiger partial charge in [-0.25, -0.2) is 9.78 Å². The maximum absolute atomic E-state index is 11.9. The van der Waals surface area contributed by atoms with Gasteiger partial charge in [-0.2, -0.15) is 0 Å². The maximum Gasteiger partial charge on any atom is 0.348 e. The average Bonchev–Trinajstić information content (AvgIpc) is 3.21. The van der Waals surface area contributed by atoms with E-state index in [1.54, 1.807) is 19.1 Å². The Balaban J connectivity index is 1.34. The Morgan fingerprint density at radius 3 is 2.46 bits per heavy atom. The molecular formula is C28H26BrNO5. The van der Waals surface area contributed by atoms with Crippen LogP contribution in [0.1, 0.15) is 23.9 Å². The van der Waals surface area contributed by atoms with E-state index >= 15 is 0 Å². The molecule has 1 atom stereocenters. The summed E-state index contributed by atoms with van der Waals surface area (Å²) < 4.78 is 18.5. The lowest BCUT2D eigenvalue weighted by atomic mass is 9.96. The molecule has 0 saturated carbocycles. The topological polar surface area (TPSA) is 81.8 Å². The molecule has 1 unspecified atom stereocenters. The van der Waals surface area contributed by atoms with Crippen molar-refractivity contribution in [1.29, 1.82) is 0 Å². The number of carboxylic acid groups (broad SMARTS) is 1. The molecule has 0 aliphatic rings. The number of hydrogen-bond donors (Lipinski definition) is 1. The summed E-state index contributed by atoms with van der Waals surface area (Å²) in [7, 11) is 0. The molecule has 0 amide bonds. The second kappa shape index (κ2) is 10.8. The van der Waals surface area contributed by atoms with E-state index in [1.807, 2.05) is 73.7 Å². The Morgan fingerprint density at radius 2 is 1.77 bits per heavy atom. The maximum atomic E-state index is 11.9. The SMILES string of the molecule is Cc1oc(-c2cccc(Br)c2)nc1CCOc1ccc(CC(C)(Oc2ccccc2)C(=O)O)cc1. The summed E-state index contributed by atoms with van der Waals surface area (Å²) in [6.45, 7) is 3.92. The van der Waals surface area contributed by atoms with E-state index in [0.29, 0.717) is 30.4 Å². The second-order valence-corrected chi connectivity index (χ2v) is 9.32. The van der Waals surface area contributed by atoms with Gasteiger partial charge in [0.05, 0.1) is 12.3 Å². The molecule has 0 aliphatic heterocycles. The number of carboxylic acids is 1. The number of para-hydroxylation sites is 1. The predicted octanol–water partition coefficient (Wildman–Crippen LogP) is 6.50. The molecule has 1 aromatic heterocycles. The van der Waals surface area contributed by atoms with Gasteiger partial charge in [-0.05, 0) is 61.9 Å². The van der Waals surface area contributed by atoms with Gasteiger partial charge in [0, 0.05) is 22.9 Å². The van der Waals surface area contributed by atoms with E-state index in [9.17, 15) is 9.90 Å². The molecule has 0 fully saturated rings. The summed E-state index contributed by atoms with van der Waals surface area (Å²) in [6, 6.07) is 24.2. The van der Waals surface area contributed by atoms with E-state index in [4.69, 9.17) is 13.9 Å². The highest BCUT2D eigenvalue weighted by molar-refractivity contribution is 9.10. The van der Waals surface area contributed by atoms with Crippen LogP contribution in [0.15, 0.2) is 87.8 Å². The van der Waals surface area contributed by atoms with Gasteiger partial charge < -0.3 is 19.0 Å². The quantitative estimate of drug-likeness (QED) is 0.249. The van der Waals surface area contributed by atoms with Crippen LogP contribution in [0.2, 0.25) is 0 Å². The van der Waals surface area contributed by atoms with Gasteiger partial charge in [0.2, 0.25) is 11.5 Å². The van der Waals surface area contributed by atoms with Gasteiger partial charge >= 0.3 is 5.97 Å². The molecule has 0 radical (unpaired) electrons. The molecule has 4 rings (SSSR count). The van der Waals surface area contributed by atoms with Crippen LogP contribution in [0.25, 0.3) is 11.5 Å². The van der Waals surface area contributed by atoms with Crippen molar-refractivity contribution in [2.75, 3.05) is 6.61 Å². The van der Waals surface area contributed by atoms with Crippen molar-refractivity contribution >= 4 is 21.9 Å². The minimum absolute atomic E-state index is 0.216. The monoisotopic (exact) mass is 535 g/mol. The highest BCUT2D eigenvalue weighted by Gasteiger charge is 2.36. The Hall–Kier alpha value is -3.58. The molecule has 4 aromatic rings. The number of halogens is 1. The first-order valence-corrected chi connectivity index (χ1v) is 12.0. The molecule has 0 saturated heterocycles. The van der Waals surface area contributed by atoms with Crippen LogP contribution in [0.5, 0.6) is 11.5 Å². The summed E-state index contributed by atoms with van der Waals surface area (Å²) in [5.41, 5.74) is 1.21. The lowest BCUT2D eigenvalue weighted by molar-refractivity contribution is -0.153. The molecule has 0 bridgehead atoms. The first-order chi connectivity index (χ1) is 16.8. The highest BCUT2D eigenvalue weighted by Crippen LogP contribution is 2.26. The number of rotatable bonds is 10. The number of hydrogen-bond acceptors (Lipinski definition) is 5. The summed E-state index contributed by atoms with van der Waals surface area (Å²) >= 11 is 3.47. The first kappa shape index (κ1) is 24.5. The minimum Gasteiger partial charge on any atom is -0.493 e. The van der Waals surface area contributed by atoms with Crippen molar-refractivity contribution in [3.63, 3.8) is 0 Å². The van der Waals surface area contributed by atoms with E-state index in [0.717, 1.165) is 27.1 Å². The molecule has 0 aliphatic carbocycles. The van der Waals surface area contributed by atoms with Crippen LogP contribution >= 0.6 is 15.9 Å². The molecule has 6 nitrogen and oxygen atoms in total. The molecule has 3 aromatic carbocycles. The lowest BCUT2D eigenvalue weighted by Crippen LogP contribution is -2.43. The number of aryl methyl sites for hydroxylation is 1. The van der Waals surface area contributed by atoms with Crippen molar-refractivity contribution in [3.8, 4) is 23.0 Å². The average molecular weight is 536 g/mol. The normalized spacial score (nSPS) is 12.7. The first-order valence-electron chi connectivity index (χ1n) is 11.2. The standard InChI is InChI=1S/C28H26BrNO5/c1-19-25(30-26(34-19)21-7-6-8-22(29)17-21)15-16-33-23-13-11-20(12-14-23)18-28(2,27(31)32)35-24-9-4-3-5-10-24/h3-14,17H,15-16,18H2,1-2H3,(H,31,32). The van der Waals surface area contributed by atoms with Gasteiger partial charge in [-0.1, -0.05) is 52.3 Å². The third kappa shape index (κ3) is 6.31. The smallest absolute Gasteiger partial charge is 0.348 e. The molecule has 7 heteroatoms. The molecule has 0 spiro atoms. The van der Waals surface area contributed by atoms with Crippen molar-refractivity contribution in [3.05, 3.63) is 100 Å². The van der Waals surface area contributed by atoms with Crippen LogP contribution < -0.4 is 9.47 Å². The fourth-order valence-electron chi connectivity index (χ4n) is 3.67. The zero-order valence-corrected chi connectivity index (χ0v) is 21.1. The summed E-state index contributed by atoms with van der Waals surface area (Å²) in [6.07, 6.45) is 0.821. The number of aliphatic carboxylic acids is 1. The van der Waals surface area contributed by atoms with E-state index in [-0.39, 0.29) is 6.42 Å². The highest BCUT2D eigenvalue weighted by atomic mass is 79.9. The summed E-state index contributed by atoms with van der Waals surface area (Å²) in [5, 5.41) is 9.78. The van der Waals surface area contributed by atoms with E-state index in [2.05, 4.69) is 20.9 Å². The Morgan fingerprint density at radius 1 is 1.03 bits per heavy atom. The molecule has 180 valence electrons. The summed E-state index contributed by atoms with van der Waals surface area (Å²) in [5.74, 6) is 1.55. The Bertz CT molecular complexity index is 1290. The van der Waals surface area contributed by atoms with Gasteiger partial charge in [-0.15, -0.1) is 0 Å².